The molecular weight excluding hydrogens is 566 g/mol. The van der Waals surface area contributed by atoms with E-state index in [-0.39, 0.29) is 17.1 Å². The smallest absolute Gasteiger partial charge is 0.264 e. The number of hydrogen-bond donors (Lipinski definition) is 2. The number of thiophene rings is 1. The Morgan fingerprint density at radius 2 is 1.82 bits per heavy atom. The topological polar surface area (TPSA) is 101 Å². The second-order valence-corrected chi connectivity index (χ2v) is 12.4. The number of aliphatic hydroxyl groups excluding tert-OH is 1. The average molecular weight is 594 g/mol. The maximum absolute atomic E-state index is 13.0. The first-order valence-corrected chi connectivity index (χ1v) is 15.6. The zero-order valence-electron chi connectivity index (χ0n) is 21.8. The number of fused-ring (bicyclic) bond motifs is 1. The normalized spacial score (nSPS) is 11.7. The molecule has 2 N–H and O–H groups in total. The summed E-state index contributed by atoms with van der Waals surface area (Å²) in [7, 11) is -4.07. The van der Waals surface area contributed by atoms with Gasteiger partial charge in [-0.3, -0.25) is 4.79 Å². The summed E-state index contributed by atoms with van der Waals surface area (Å²) < 4.78 is 31.1. The summed E-state index contributed by atoms with van der Waals surface area (Å²) in [6.07, 6.45) is 2.80. The molecule has 5 aromatic rings. The number of nitrogens with one attached hydrogen (secondary N) is 1. The van der Waals surface area contributed by atoms with Gasteiger partial charge in [0.2, 0.25) is 0 Å². The monoisotopic (exact) mass is 593 g/mol. The van der Waals surface area contributed by atoms with Crippen LogP contribution in [-0.4, -0.2) is 29.0 Å². The van der Waals surface area contributed by atoms with Crippen molar-refractivity contribution >= 4 is 49.0 Å². The zero-order chi connectivity index (χ0) is 28.3. The molecule has 0 fully saturated rings. The SMILES string of the molecule is CCCCc1nc(Cl)c(CO)n1Cc1ccc(-c2csc3ccc(S(=O)(=O)NC(=O)c4ccccc4)cc23)cc1. The highest BCUT2D eigenvalue weighted by atomic mass is 35.5. The van der Waals surface area contributed by atoms with Crippen LogP contribution in [0, 0.1) is 0 Å². The Bertz CT molecular complexity index is 1760. The van der Waals surface area contributed by atoms with Gasteiger partial charge in [-0.2, -0.15) is 0 Å². The molecule has 3 aromatic carbocycles. The number of aliphatic hydroxyl groups is 1. The number of halogens is 1. The van der Waals surface area contributed by atoms with E-state index in [2.05, 4.69) is 16.6 Å². The lowest BCUT2D eigenvalue weighted by Crippen LogP contribution is -2.30. The van der Waals surface area contributed by atoms with Gasteiger partial charge >= 0.3 is 0 Å². The van der Waals surface area contributed by atoms with Crippen molar-refractivity contribution in [3.63, 3.8) is 0 Å². The number of carbonyl (C=O) groups excluding carboxylic acids is 1. The van der Waals surface area contributed by atoms with Crippen molar-refractivity contribution < 1.29 is 18.3 Å². The molecule has 0 radical (unpaired) electrons. The van der Waals surface area contributed by atoms with E-state index >= 15 is 0 Å². The van der Waals surface area contributed by atoms with Crippen LogP contribution in [-0.2, 0) is 29.6 Å². The van der Waals surface area contributed by atoms with Gasteiger partial charge in [0.15, 0.2) is 5.15 Å². The second kappa shape index (κ2) is 11.9. The summed E-state index contributed by atoms with van der Waals surface area (Å²) in [5.74, 6) is 0.181. The molecule has 206 valence electrons. The molecule has 10 heteroatoms. The lowest BCUT2D eigenvalue weighted by Gasteiger charge is -2.12. The number of hydrogen-bond acceptors (Lipinski definition) is 6. The van der Waals surface area contributed by atoms with Crippen LogP contribution in [0.25, 0.3) is 21.2 Å². The third kappa shape index (κ3) is 5.83. The third-order valence-electron chi connectivity index (χ3n) is 6.73. The summed E-state index contributed by atoms with van der Waals surface area (Å²) in [5.41, 5.74) is 3.74. The summed E-state index contributed by atoms with van der Waals surface area (Å²) in [6, 6.07) is 21.1. The molecule has 40 heavy (non-hydrogen) atoms. The standard InChI is InChI=1S/C30H28ClN3O4S2/c1-2-3-9-28-32-29(31)26(18-35)34(28)17-20-10-12-21(13-11-20)25-19-39-27-15-14-23(16-24(25)27)40(37,38)33-30(36)22-7-5-4-6-8-22/h4-8,10-16,19,35H,2-3,9,17-18H2,1H3,(H,33,36). The maximum atomic E-state index is 13.0. The van der Waals surface area contributed by atoms with E-state index in [0.717, 1.165) is 51.9 Å². The van der Waals surface area contributed by atoms with Gasteiger partial charge in [-0.15, -0.1) is 11.3 Å². The number of imidazole rings is 1. The Kier molecular flexibility index (Phi) is 8.37. The Labute approximate surface area is 242 Å². The van der Waals surface area contributed by atoms with Gasteiger partial charge in [0.05, 0.1) is 17.2 Å². The minimum absolute atomic E-state index is 0.0219. The molecule has 5 rings (SSSR count). The van der Waals surface area contributed by atoms with Crippen molar-refractivity contribution in [2.45, 2.75) is 44.2 Å². The second-order valence-electron chi connectivity index (χ2n) is 9.42. The van der Waals surface area contributed by atoms with Crippen molar-refractivity contribution in [1.29, 1.82) is 0 Å². The van der Waals surface area contributed by atoms with E-state index in [0.29, 0.717) is 17.4 Å². The van der Waals surface area contributed by atoms with Gasteiger partial charge in [-0.25, -0.2) is 18.1 Å². The average Bonchev–Trinajstić information content (AvgIpc) is 3.52. The van der Waals surface area contributed by atoms with Crippen LogP contribution >= 0.6 is 22.9 Å². The molecule has 0 saturated carbocycles. The Hall–Kier alpha value is -3.50. The highest BCUT2D eigenvalue weighted by molar-refractivity contribution is 7.90. The van der Waals surface area contributed by atoms with Crippen LogP contribution in [0.2, 0.25) is 5.15 Å². The summed E-state index contributed by atoms with van der Waals surface area (Å²) in [4.78, 5) is 17.0. The Morgan fingerprint density at radius 1 is 1.07 bits per heavy atom. The predicted octanol–water partition coefficient (Wildman–Crippen LogP) is 6.42. The Balaban J connectivity index is 1.40. The van der Waals surface area contributed by atoms with Crippen molar-refractivity contribution in [1.82, 2.24) is 14.3 Å². The van der Waals surface area contributed by atoms with E-state index in [1.807, 2.05) is 34.2 Å². The van der Waals surface area contributed by atoms with E-state index in [9.17, 15) is 18.3 Å². The van der Waals surface area contributed by atoms with Crippen molar-refractivity contribution in [3.8, 4) is 11.1 Å². The largest absolute Gasteiger partial charge is 0.390 e. The van der Waals surface area contributed by atoms with Gasteiger partial charge in [-0.05, 0) is 53.3 Å². The zero-order valence-corrected chi connectivity index (χ0v) is 24.2. The van der Waals surface area contributed by atoms with E-state index in [1.54, 1.807) is 42.5 Å². The van der Waals surface area contributed by atoms with Gasteiger partial charge in [0.1, 0.15) is 5.82 Å². The number of aromatic nitrogens is 2. The van der Waals surface area contributed by atoms with Gasteiger partial charge < -0.3 is 9.67 Å². The number of amides is 1. The molecule has 2 aromatic heterocycles. The fourth-order valence-corrected chi connectivity index (χ4v) is 6.78. The fourth-order valence-electron chi connectivity index (χ4n) is 4.57. The fraction of sp³-hybridized carbons (Fsp3) is 0.200. The predicted molar refractivity (Wildman–Crippen MR) is 159 cm³/mol. The maximum Gasteiger partial charge on any atom is 0.264 e. The van der Waals surface area contributed by atoms with E-state index < -0.39 is 15.9 Å². The van der Waals surface area contributed by atoms with Gasteiger partial charge in [0, 0.05) is 34.2 Å². The molecule has 0 aliphatic rings. The lowest BCUT2D eigenvalue weighted by atomic mass is 10.0. The molecule has 0 aliphatic carbocycles. The molecule has 0 bridgehead atoms. The number of rotatable bonds is 10. The third-order valence-corrected chi connectivity index (χ3v) is 9.33. The number of aryl methyl sites for hydroxylation is 1. The molecule has 0 atom stereocenters. The number of carbonyl (C=O) groups is 1. The highest BCUT2D eigenvalue weighted by Gasteiger charge is 2.20. The first kappa shape index (κ1) is 28.0. The number of sulfonamides is 1. The van der Waals surface area contributed by atoms with E-state index in [4.69, 9.17) is 11.6 Å². The number of nitrogens with zero attached hydrogens (tertiary/aromatic N) is 2. The van der Waals surface area contributed by atoms with Crippen molar-refractivity contribution in [2.24, 2.45) is 0 Å². The summed E-state index contributed by atoms with van der Waals surface area (Å²) >= 11 is 7.82. The summed E-state index contributed by atoms with van der Waals surface area (Å²) in [6.45, 7) is 2.46. The van der Waals surface area contributed by atoms with Crippen LogP contribution in [0.5, 0.6) is 0 Å². The van der Waals surface area contributed by atoms with Crippen LogP contribution < -0.4 is 4.72 Å². The first-order chi connectivity index (χ1) is 19.3. The molecular formula is C30H28ClN3O4S2. The minimum Gasteiger partial charge on any atom is -0.390 e. The van der Waals surface area contributed by atoms with Crippen LogP contribution in [0.1, 0.15) is 47.2 Å². The number of benzene rings is 3. The molecule has 2 heterocycles. The van der Waals surface area contributed by atoms with Crippen molar-refractivity contribution in [2.75, 3.05) is 0 Å². The molecule has 0 saturated heterocycles. The molecule has 0 spiro atoms. The highest BCUT2D eigenvalue weighted by Crippen LogP contribution is 2.35. The molecule has 7 nitrogen and oxygen atoms in total. The number of unbranched alkanes of at least 4 members (excludes halogenated alkanes) is 1. The van der Waals surface area contributed by atoms with E-state index in [1.165, 1.54) is 17.4 Å². The lowest BCUT2D eigenvalue weighted by molar-refractivity contribution is 0.0981. The molecule has 0 unspecified atom stereocenters. The first-order valence-electron chi connectivity index (χ1n) is 12.9. The quantitative estimate of drug-likeness (QED) is 0.195. The Morgan fingerprint density at radius 3 is 2.52 bits per heavy atom. The molecule has 1 amide bonds. The summed E-state index contributed by atoms with van der Waals surface area (Å²) in [5, 5.41) is 13.0. The van der Waals surface area contributed by atoms with Gasteiger partial charge in [0.25, 0.3) is 15.9 Å². The van der Waals surface area contributed by atoms with Crippen molar-refractivity contribution in [3.05, 3.63) is 106 Å². The minimum atomic E-state index is -4.07. The van der Waals surface area contributed by atoms with Crippen LogP contribution in [0.3, 0.4) is 0 Å². The van der Waals surface area contributed by atoms with Crippen LogP contribution in [0.4, 0.5) is 0 Å². The van der Waals surface area contributed by atoms with Gasteiger partial charge in [-0.1, -0.05) is 67.4 Å². The van der Waals surface area contributed by atoms with Crippen LogP contribution in [0.15, 0.2) is 83.1 Å². The molecule has 0 aliphatic heterocycles.